The molecule has 0 bridgehead atoms. The van der Waals surface area contributed by atoms with Crippen LogP contribution in [-0.2, 0) is 16.1 Å². The molecule has 1 aromatic rings. The molecule has 4 aliphatic carbocycles. The third-order valence-electron chi connectivity index (χ3n) is 14.3. The number of benzene rings is 1. The van der Waals surface area contributed by atoms with Crippen LogP contribution in [0.5, 0.6) is 0 Å². The van der Waals surface area contributed by atoms with Crippen molar-refractivity contribution in [3.8, 4) is 0 Å². The standard InChI is InChI=1S/C38H59FN2O2/c1-25(23-41-19-17-40-18-20-41)5-12-34-26(2)36-35(43-34)22-33-31-11-8-28-21-30(42-24-27-6-9-29(39)10-7-27)13-15-37(28,3)32(31)14-16-38(33,36)4/h6-7,9-10,25-26,28,30-36,40H,5,8,11-24H2,1-4H3/t25-,26+,28+,30-,31+,32-,33-,34+,35-,36-,37-,38-/m0/s1. The molecule has 12 atom stereocenters. The predicted molar refractivity (Wildman–Crippen MR) is 171 cm³/mol. The van der Waals surface area contributed by atoms with Crippen LogP contribution < -0.4 is 5.32 Å². The molecule has 6 aliphatic rings. The average molecular weight is 595 g/mol. The van der Waals surface area contributed by atoms with Crippen molar-refractivity contribution in [3.05, 3.63) is 35.6 Å². The first-order valence-electron chi connectivity index (χ1n) is 18.2. The van der Waals surface area contributed by atoms with E-state index in [1.807, 2.05) is 12.1 Å². The smallest absolute Gasteiger partial charge is 0.123 e. The lowest BCUT2D eigenvalue weighted by Crippen LogP contribution is -2.54. The second-order valence-corrected chi connectivity index (χ2v) is 16.6. The van der Waals surface area contributed by atoms with Crippen molar-refractivity contribution in [3.63, 3.8) is 0 Å². The number of piperazine rings is 1. The Morgan fingerprint density at radius 3 is 2.56 bits per heavy atom. The molecule has 2 aliphatic heterocycles. The van der Waals surface area contributed by atoms with E-state index in [1.165, 1.54) is 83.8 Å². The Bertz CT molecular complexity index is 1090. The number of nitrogens with zero attached hydrogens (tertiary/aromatic N) is 1. The molecule has 0 amide bonds. The maximum absolute atomic E-state index is 13.3. The van der Waals surface area contributed by atoms with Crippen LogP contribution in [0.3, 0.4) is 0 Å². The van der Waals surface area contributed by atoms with Gasteiger partial charge in [0.1, 0.15) is 5.82 Å². The Hall–Kier alpha value is -1.01. The van der Waals surface area contributed by atoms with Crippen LogP contribution in [-0.4, -0.2) is 55.9 Å². The summed E-state index contributed by atoms with van der Waals surface area (Å²) >= 11 is 0. The van der Waals surface area contributed by atoms with Gasteiger partial charge in [-0.05, 0) is 134 Å². The fourth-order valence-electron chi connectivity index (χ4n) is 12.1. The molecule has 2 heterocycles. The van der Waals surface area contributed by atoms with Gasteiger partial charge < -0.3 is 19.7 Å². The number of rotatable bonds is 8. The Morgan fingerprint density at radius 1 is 1.00 bits per heavy atom. The number of nitrogens with one attached hydrogen (secondary N) is 1. The lowest BCUT2D eigenvalue weighted by atomic mass is 9.44. The molecule has 4 saturated carbocycles. The van der Waals surface area contributed by atoms with E-state index in [1.54, 1.807) is 12.1 Å². The van der Waals surface area contributed by atoms with Crippen molar-refractivity contribution >= 4 is 0 Å². The summed E-state index contributed by atoms with van der Waals surface area (Å²) < 4.78 is 26.8. The summed E-state index contributed by atoms with van der Waals surface area (Å²) in [6.07, 6.45) is 14.5. The van der Waals surface area contributed by atoms with Crippen LogP contribution in [0.25, 0.3) is 0 Å². The van der Waals surface area contributed by atoms with E-state index in [-0.39, 0.29) is 5.82 Å². The van der Waals surface area contributed by atoms with Crippen LogP contribution in [0.2, 0.25) is 0 Å². The second kappa shape index (κ2) is 12.3. The molecule has 0 spiro atoms. The molecule has 0 radical (unpaired) electrons. The molecular formula is C38H59FN2O2. The van der Waals surface area contributed by atoms with Crippen molar-refractivity contribution in [2.75, 3.05) is 32.7 Å². The van der Waals surface area contributed by atoms with Crippen molar-refractivity contribution in [2.24, 2.45) is 52.3 Å². The van der Waals surface area contributed by atoms with Gasteiger partial charge in [-0.3, -0.25) is 0 Å². The minimum absolute atomic E-state index is 0.171. The lowest BCUT2D eigenvalue weighted by Gasteiger charge is -2.61. The normalized spacial score (nSPS) is 45.2. The van der Waals surface area contributed by atoms with Gasteiger partial charge in [0.15, 0.2) is 0 Å². The summed E-state index contributed by atoms with van der Waals surface area (Å²) in [5, 5.41) is 3.49. The SMILES string of the molecule is C[C@@H](CC[C@H]1O[C@H]2C[C@H]3[C@@H]4CC[C@@H]5C[C@@H](OCc6ccc(F)cc6)CC[C@]5(C)[C@H]4CC[C@]3(C)[C@H]2[C@@H]1C)CN1CCNCC1. The van der Waals surface area contributed by atoms with Gasteiger partial charge in [0.2, 0.25) is 0 Å². The maximum Gasteiger partial charge on any atom is 0.123 e. The topological polar surface area (TPSA) is 33.7 Å². The van der Waals surface area contributed by atoms with E-state index in [0.29, 0.717) is 41.7 Å². The highest BCUT2D eigenvalue weighted by Crippen LogP contribution is 2.70. The molecule has 6 fully saturated rings. The summed E-state index contributed by atoms with van der Waals surface area (Å²) in [4.78, 5) is 2.65. The molecule has 43 heavy (non-hydrogen) atoms. The molecule has 7 rings (SSSR count). The lowest BCUT2D eigenvalue weighted by molar-refractivity contribution is -0.139. The van der Waals surface area contributed by atoms with Crippen LogP contribution in [0.4, 0.5) is 4.39 Å². The fraction of sp³-hybridized carbons (Fsp3) is 0.842. The van der Waals surface area contributed by atoms with Crippen molar-refractivity contribution in [1.29, 1.82) is 0 Å². The van der Waals surface area contributed by atoms with Gasteiger partial charge in [-0.25, -0.2) is 4.39 Å². The zero-order valence-corrected chi connectivity index (χ0v) is 27.5. The zero-order valence-electron chi connectivity index (χ0n) is 27.5. The first-order valence-corrected chi connectivity index (χ1v) is 18.2. The van der Waals surface area contributed by atoms with E-state index in [4.69, 9.17) is 9.47 Å². The van der Waals surface area contributed by atoms with E-state index in [0.717, 1.165) is 54.2 Å². The van der Waals surface area contributed by atoms with Gasteiger partial charge in [0.25, 0.3) is 0 Å². The second-order valence-electron chi connectivity index (χ2n) is 16.6. The maximum atomic E-state index is 13.3. The molecule has 5 heteroatoms. The third-order valence-corrected chi connectivity index (χ3v) is 14.3. The third kappa shape index (κ3) is 5.76. The van der Waals surface area contributed by atoms with Gasteiger partial charge in [0, 0.05) is 32.7 Å². The number of fused-ring (bicyclic) bond motifs is 7. The highest BCUT2D eigenvalue weighted by molar-refractivity contribution is 5.16. The number of ether oxygens (including phenoxy) is 2. The quantitative estimate of drug-likeness (QED) is 0.334. The minimum atomic E-state index is -0.171. The molecule has 2 saturated heterocycles. The minimum Gasteiger partial charge on any atom is -0.374 e. The Balaban J connectivity index is 0.942. The van der Waals surface area contributed by atoms with Gasteiger partial charge in [0.05, 0.1) is 24.9 Å². The number of halogens is 1. The highest BCUT2D eigenvalue weighted by atomic mass is 19.1. The number of hydrogen-bond donors (Lipinski definition) is 1. The molecule has 1 N–H and O–H groups in total. The van der Waals surface area contributed by atoms with E-state index in [2.05, 4.69) is 37.9 Å². The van der Waals surface area contributed by atoms with Crippen LogP contribution in [0.1, 0.15) is 97.5 Å². The van der Waals surface area contributed by atoms with Crippen LogP contribution in [0.15, 0.2) is 24.3 Å². The predicted octanol–water partition coefficient (Wildman–Crippen LogP) is 7.70. The summed E-state index contributed by atoms with van der Waals surface area (Å²) in [7, 11) is 0. The zero-order chi connectivity index (χ0) is 29.8. The summed E-state index contributed by atoms with van der Waals surface area (Å²) in [6, 6.07) is 6.83. The van der Waals surface area contributed by atoms with Gasteiger partial charge in [-0.1, -0.05) is 39.8 Å². The number of hydrogen-bond acceptors (Lipinski definition) is 4. The van der Waals surface area contributed by atoms with Gasteiger partial charge in [-0.15, -0.1) is 0 Å². The van der Waals surface area contributed by atoms with Gasteiger partial charge >= 0.3 is 0 Å². The Kier molecular flexibility index (Phi) is 8.77. The van der Waals surface area contributed by atoms with Crippen LogP contribution in [0, 0.1) is 58.1 Å². The largest absolute Gasteiger partial charge is 0.374 e. The molecule has 240 valence electrons. The van der Waals surface area contributed by atoms with Gasteiger partial charge in [-0.2, -0.15) is 0 Å². The molecule has 0 aromatic heterocycles. The van der Waals surface area contributed by atoms with Crippen molar-refractivity contribution in [1.82, 2.24) is 10.2 Å². The molecular weight excluding hydrogens is 535 g/mol. The van der Waals surface area contributed by atoms with E-state index < -0.39 is 0 Å². The summed E-state index contributed by atoms with van der Waals surface area (Å²) in [6.45, 7) is 16.9. The van der Waals surface area contributed by atoms with E-state index >= 15 is 0 Å². The molecule has 4 nitrogen and oxygen atoms in total. The van der Waals surface area contributed by atoms with Crippen LogP contribution >= 0.6 is 0 Å². The first-order chi connectivity index (χ1) is 20.7. The average Bonchev–Trinajstić information content (AvgIpc) is 3.49. The Labute approximate surface area is 261 Å². The molecule has 1 aromatic carbocycles. The monoisotopic (exact) mass is 594 g/mol. The Morgan fingerprint density at radius 2 is 1.77 bits per heavy atom. The first kappa shape index (κ1) is 30.6. The van der Waals surface area contributed by atoms with E-state index in [9.17, 15) is 4.39 Å². The summed E-state index contributed by atoms with van der Waals surface area (Å²) in [5.74, 6) is 5.43. The highest BCUT2D eigenvalue weighted by Gasteiger charge is 2.65. The fourth-order valence-corrected chi connectivity index (χ4v) is 12.1. The summed E-state index contributed by atoms with van der Waals surface area (Å²) in [5.41, 5.74) is 2.01. The van der Waals surface area contributed by atoms with Crippen molar-refractivity contribution < 1.29 is 13.9 Å². The molecule has 0 unspecified atom stereocenters. The van der Waals surface area contributed by atoms with Crippen molar-refractivity contribution in [2.45, 2.75) is 117 Å².